The number of hydrogen-bond donors (Lipinski definition) is 3. The Balaban J connectivity index is 1.62. The number of nitrogen functional groups attached to an aromatic ring is 1. The second-order valence-electron chi connectivity index (χ2n) is 7.29. The number of thioether (sulfide) groups is 1. The molecule has 10 nitrogen and oxygen atoms in total. The molecule has 4 rings (SSSR count). The summed E-state index contributed by atoms with van der Waals surface area (Å²) in [5.41, 5.74) is 7.74. The van der Waals surface area contributed by atoms with Gasteiger partial charge in [-0.1, -0.05) is 42.1 Å². The molecule has 1 atom stereocenters. The number of imidazole rings is 1. The molecule has 0 saturated heterocycles. The molecule has 4 aromatic rings. The lowest BCUT2D eigenvalue weighted by Gasteiger charge is -2.17. The van der Waals surface area contributed by atoms with Gasteiger partial charge in [0.25, 0.3) is 5.88 Å². The minimum absolute atomic E-state index is 0.0494. The summed E-state index contributed by atoms with van der Waals surface area (Å²) in [6.07, 6.45) is 2.53. The number of rotatable bonds is 8. The molecule has 0 bridgehead atoms. The average molecular weight is 469 g/mol. The lowest BCUT2D eigenvalue weighted by Crippen LogP contribution is -2.28. The van der Waals surface area contributed by atoms with Crippen LogP contribution in [0, 0.1) is 5.82 Å². The van der Waals surface area contributed by atoms with Gasteiger partial charge >= 0.3 is 0 Å². The Morgan fingerprint density at radius 1 is 1.21 bits per heavy atom. The van der Waals surface area contributed by atoms with E-state index in [9.17, 15) is 9.18 Å². The topological polar surface area (TPSA) is 145 Å². The van der Waals surface area contributed by atoms with Crippen molar-refractivity contribution in [3.63, 3.8) is 0 Å². The maximum absolute atomic E-state index is 14.0. The Hall–Kier alpha value is -3.80. The molecule has 0 unspecified atom stereocenters. The molecular weight excluding hydrogens is 447 g/mol. The summed E-state index contributed by atoms with van der Waals surface area (Å²) in [6.45, 7) is 3.49. The van der Waals surface area contributed by atoms with Crippen LogP contribution in [0.1, 0.15) is 19.4 Å². The molecule has 0 aliphatic carbocycles. The second kappa shape index (κ2) is 9.77. The van der Waals surface area contributed by atoms with Crippen LogP contribution in [-0.4, -0.2) is 47.2 Å². The molecular formula is C21H21FN8O2S. The fourth-order valence-corrected chi connectivity index (χ4v) is 4.09. The van der Waals surface area contributed by atoms with Crippen molar-refractivity contribution in [3.05, 3.63) is 54.2 Å². The van der Waals surface area contributed by atoms with Crippen LogP contribution >= 0.6 is 11.8 Å². The summed E-state index contributed by atoms with van der Waals surface area (Å²) in [6, 6.07) is 9.52. The molecule has 0 spiro atoms. The van der Waals surface area contributed by atoms with Crippen LogP contribution in [0.5, 0.6) is 5.88 Å². The number of nitrogens with zero attached hydrogens (tertiary/aromatic N) is 5. The first-order valence-corrected chi connectivity index (χ1v) is 10.9. The first-order chi connectivity index (χ1) is 15.9. The van der Waals surface area contributed by atoms with E-state index in [-0.39, 0.29) is 23.9 Å². The molecule has 1 aromatic carbocycles. The number of amides is 1. The Morgan fingerprint density at radius 2 is 2.00 bits per heavy atom. The number of nitrogens with two attached hydrogens (primary N) is 1. The number of H-pyrrole nitrogens is 1. The number of anilines is 2. The summed E-state index contributed by atoms with van der Waals surface area (Å²) in [5.74, 6) is -1.35. The molecule has 4 N–H and O–H groups in total. The van der Waals surface area contributed by atoms with Crippen LogP contribution in [0.2, 0.25) is 0 Å². The van der Waals surface area contributed by atoms with Crippen molar-refractivity contribution < 1.29 is 13.9 Å². The van der Waals surface area contributed by atoms with Crippen molar-refractivity contribution in [1.82, 2.24) is 29.9 Å². The normalized spacial score (nSPS) is 12.1. The van der Waals surface area contributed by atoms with Crippen molar-refractivity contribution in [2.75, 3.05) is 11.1 Å². The number of benzene rings is 1. The number of hydrogen-bond acceptors (Lipinski definition) is 9. The van der Waals surface area contributed by atoms with Crippen LogP contribution in [0.4, 0.5) is 16.3 Å². The van der Waals surface area contributed by atoms with Gasteiger partial charge in [-0.2, -0.15) is 14.4 Å². The van der Waals surface area contributed by atoms with Gasteiger partial charge in [0.05, 0.1) is 23.9 Å². The highest BCUT2D eigenvalue weighted by atomic mass is 32.2. The molecule has 12 heteroatoms. The number of halogens is 1. The first kappa shape index (κ1) is 22.4. The van der Waals surface area contributed by atoms with Crippen LogP contribution in [0.3, 0.4) is 0 Å². The zero-order valence-corrected chi connectivity index (χ0v) is 18.6. The molecule has 0 saturated carbocycles. The van der Waals surface area contributed by atoms with Gasteiger partial charge in [-0.3, -0.25) is 10.1 Å². The van der Waals surface area contributed by atoms with E-state index >= 15 is 0 Å². The minimum Gasteiger partial charge on any atom is -0.473 e. The van der Waals surface area contributed by atoms with Gasteiger partial charge in [0, 0.05) is 0 Å². The Bertz CT molecular complexity index is 1270. The fourth-order valence-electron chi connectivity index (χ4n) is 2.97. The third-order valence-electron chi connectivity index (χ3n) is 4.37. The summed E-state index contributed by atoms with van der Waals surface area (Å²) in [7, 11) is 0. The van der Waals surface area contributed by atoms with Gasteiger partial charge in [0.2, 0.25) is 23.6 Å². The van der Waals surface area contributed by atoms with Crippen molar-refractivity contribution in [1.29, 1.82) is 0 Å². The van der Waals surface area contributed by atoms with Crippen LogP contribution < -0.4 is 15.8 Å². The molecule has 33 heavy (non-hydrogen) atoms. The van der Waals surface area contributed by atoms with Gasteiger partial charge < -0.3 is 15.5 Å². The second-order valence-corrected chi connectivity index (χ2v) is 8.48. The number of aromatic amines is 1. The molecule has 0 aliphatic rings. The minimum atomic E-state index is -0.713. The molecule has 0 fully saturated rings. The summed E-state index contributed by atoms with van der Waals surface area (Å²) in [4.78, 5) is 36.6. The van der Waals surface area contributed by atoms with E-state index in [1.807, 2.05) is 30.3 Å². The van der Waals surface area contributed by atoms with Gasteiger partial charge in [-0.15, -0.1) is 0 Å². The van der Waals surface area contributed by atoms with Gasteiger partial charge in [0.15, 0.2) is 5.65 Å². The number of carbonyl (C=O) groups excluding carboxylic acids is 1. The van der Waals surface area contributed by atoms with Gasteiger partial charge in [-0.05, 0) is 25.8 Å². The SMILES string of the molecule is CC(C)Oc1nc(NC(=O)[C@H](Cc2ccccc2)Sc2nc(N)nc3nc[nH]c23)ncc1F. The number of fused-ring (bicyclic) bond motifs is 1. The lowest BCUT2D eigenvalue weighted by molar-refractivity contribution is -0.115. The summed E-state index contributed by atoms with van der Waals surface area (Å²) >= 11 is 1.20. The third-order valence-corrected chi connectivity index (χ3v) is 5.56. The fraction of sp³-hybridized carbons (Fsp3) is 0.238. The quantitative estimate of drug-likeness (QED) is 0.262. The van der Waals surface area contributed by atoms with E-state index in [1.165, 1.54) is 18.1 Å². The van der Waals surface area contributed by atoms with Gasteiger partial charge in [-0.25, -0.2) is 15.0 Å². The first-order valence-electron chi connectivity index (χ1n) is 10.1. The zero-order valence-electron chi connectivity index (χ0n) is 17.8. The highest BCUT2D eigenvalue weighted by Gasteiger charge is 2.25. The third kappa shape index (κ3) is 5.52. The highest BCUT2D eigenvalue weighted by Crippen LogP contribution is 2.30. The van der Waals surface area contributed by atoms with Gasteiger partial charge in [0.1, 0.15) is 10.5 Å². The van der Waals surface area contributed by atoms with Crippen molar-refractivity contribution in [3.8, 4) is 5.88 Å². The molecule has 3 heterocycles. The number of carbonyl (C=O) groups is 1. The smallest absolute Gasteiger partial charge is 0.255 e. The Morgan fingerprint density at radius 3 is 2.76 bits per heavy atom. The average Bonchev–Trinajstić information content (AvgIpc) is 3.24. The maximum atomic E-state index is 14.0. The number of aromatic nitrogens is 6. The monoisotopic (exact) mass is 468 g/mol. The van der Waals surface area contributed by atoms with Crippen LogP contribution in [0.25, 0.3) is 11.2 Å². The summed E-state index contributed by atoms with van der Waals surface area (Å²) in [5, 5.41) is 2.49. The Kier molecular flexibility index (Phi) is 6.63. The lowest BCUT2D eigenvalue weighted by atomic mass is 10.1. The zero-order chi connectivity index (χ0) is 23.4. The predicted octanol–water partition coefficient (Wildman–Crippen LogP) is 2.99. The van der Waals surface area contributed by atoms with Crippen LogP contribution in [-0.2, 0) is 11.2 Å². The van der Waals surface area contributed by atoms with Crippen LogP contribution in [0.15, 0.2) is 47.9 Å². The van der Waals surface area contributed by atoms with E-state index < -0.39 is 17.0 Å². The molecule has 3 aromatic heterocycles. The number of ether oxygens (including phenoxy) is 1. The highest BCUT2D eigenvalue weighted by molar-refractivity contribution is 8.00. The van der Waals surface area contributed by atoms with Crippen molar-refractivity contribution in [2.45, 2.75) is 36.6 Å². The van der Waals surface area contributed by atoms with E-state index in [1.54, 1.807) is 13.8 Å². The number of nitrogens with one attached hydrogen (secondary N) is 2. The molecule has 1 amide bonds. The molecule has 0 aliphatic heterocycles. The Labute approximate surface area is 192 Å². The standard InChI is InChI=1S/C21H21FN8O2S/c1-11(2)32-18-13(22)9-24-21(29-18)28-17(31)14(8-12-6-4-3-5-7-12)33-19-15-16(26-10-25-15)27-20(23)30-19/h3-7,9-11,14H,8H2,1-2H3,(H,24,28,29,31)(H3,23,25,26,27,30)/t14-/m0/s1. The molecule has 0 radical (unpaired) electrons. The van der Waals surface area contributed by atoms with E-state index in [4.69, 9.17) is 10.5 Å². The van der Waals surface area contributed by atoms with Crippen molar-refractivity contribution in [2.24, 2.45) is 0 Å². The summed E-state index contributed by atoms with van der Waals surface area (Å²) < 4.78 is 19.3. The van der Waals surface area contributed by atoms with E-state index in [2.05, 4.69) is 35.2 Å². The van der Waals surface area contributed by atoms with E-state index in [0.29, 0.717) is 22.6 Å². The maximum Gasteiger partial charge on any atom is 0.255 e. The largest absolute Gasteiger partial charge is 0.473 e. The predicted molar refractivity (Wildman–Crippen MR) is 122 cm³/mol. The van der Waals surface area contributed by atoms with Crippen molar-refractivity contribution >= 4 is 40.7 Å². The van der Waals surface area contributed by atoms with E-state index in [0.717, 1.165) is 11.8 Å². The molecule has 170 valence electrons.